The van der Waals surface area contributed by atoms with Crippen LogP contribution < -0.4 is 10.6 Å². The van der Waals surface area contributed by atoms with Crippen LogP contribution in [0.3, 0.4) is 0 Å². The molecule has 1 saturated heterocycles. The molecule has 2 heterocycles. The number of amides is 3. The van der Waals surface area contributed by atoms with E-state index in [1.807, 2.05) is 64.4 Å². The number of aliphatic hydroxyl groups is 1. The van der Waals surface area contributed by atoms with E-state index in [1.165, 1.54) is 4.90 Å². The van der Waals surface area contributed by atoms with E-state index in [-0.39, 0.29) is 36.7 Å². The lowest BCUT2D eigenvalue weighted by Crippen LogP contribution is -2.59. The van der Waals surface area contributed by atoms with Crippen molar-refractivity contribution in [1.29, 1.82) is 0 Å². The number of aromatic nitrogens is 1. The van der Waals surface area contributed by atoms with E-state index in [9.17, 15) is 19.5 Å². The zero-order valence-corrected chi connectivity index (χ0v) is 23.9. The lowest BCUT2D eigenvalue weighted by Gasteiger charge is -2.36. The summed E-state index contributed by atoms with van der Waals surface area (Å²) in [5.41, 5.74) is 3.55. The van der Waals surface area contributed by atoms with Gasteiger partial charge < -0.3 is 20.6 Å². The molecule has 1 aliphatic heterocycles. The molecule has 0 aliphatic carbocycles. The van der Waals surface area contributed by atoms with E-state index >= 15 is 0 Å². The third-order valence-electron chi connectivity index (χ3n) is 6.71. The molecule has 3 rings (SSSR count). The molecule has 3 N–H and O–H groups in total. The van der Waals surface area contributed by atoms with Crippen LogP contribution in [0, 0.1) is 17.8 Å². The SMILES string of the molecule is Cc1ncsc1-c1ccc([C@@H](C)NC(=O)[C@@H]2C[C@@H](O)CN2C(=O)[C@@H](NC(=O)C(C)(C)C)C(C)(C)C)cc1. The van der Waals surface area contributed by atoms with E-state index in [2.05, 4.69) is 15.6 Å². The molecule has 1 aromatic carbocycles. The fourth-order valence-corrected chi connectivity index (χ4v) is 5.17. The van der Waals surface area contributed by atoms with Gasteiger partial charge in [0.1, 0.15) is 12.1 Å². The summed E-state index contributed by atoms with van der Waals surface area (Å²) in [5.74, 6) is -0.930. The van der Waals surface area contributed by atoms with Gasteiger partial charge in [0, 0.05) is 18.4 Å². The highest BCUT2D eigenvalue weighted by molar-refractivity contribution is 7.13. The number of benzene rings is 1. The fourth-order valence-electron chi connectivity index (χ4n) is 4.36. The predicted octanol–water partition coefficient (Wildman–Crippen LogP) is 3.83. The van der Waals surface area contributed by atoms with Gasteiger partial charge in [0.05, 0.1) is 28.2 Å². The van der Waals surface area contributed by atoms with E-state index in [1.54, 1.807) is 32.1 Å². The van der Waals surface area contributed by atoms with Gasteiger partial charge in [-0.25, -0.2) is 4.98 Å². The number of nitrogens with one attached hydrogen (secondary N) is 2. The monoisotopic (exact) mass is 528 g/mol. The Balaban J connectivity index is 1.74. The molecule has 202 valence electrons. The molecule has 3 amide bonds. The Morgan fingerprint density at radius 2 is 1.70 bits per heavy atom. The molecule has 0 unspecified atom stereocenters. The molecule has 1 aromatic heterocycles. The number of hydrogen-bond donors (Lipinski definition) is 3. The maximum Gasteiger partial charge on any atom is 0.246 e. The fraction of sp³-hybridized carbons (Fsp3) is 0.571. The average molecular weight is 529 g/mol. The lowest BCUT2D eigenvalue weighted by atomic mass is 9.84. The summed E-state index contributed by atoms with van der Waals surface area (Å²) >= 11 is 1.59. The van der Waals surface area contributed by atoms with Crippen molar-refractivity contribution in [2.45, 2.75) is 86.0 Å². The van der Waals surface area contributed by atoms with Gasteiger partial charge in [-0.2, -0.15) is 0 Å². The van der Waals surface area contributed by atoms with Crippen LogP contribution in [-0.4, -0.2) is 57.4 Å². The van der Waals surface area contributed by atoms with Gasteiger partial charge in [0.15, 0.2) is 0 Å². The molecule has 0 radical (unpaired) electrons. The first-order chi connectivity index (χ1) is 17.1. The van der Waals surface area contributed by atoms with Crippen LogP contribution in [0.25, 0.3) is 10.4 Å². The minimum Gasteiger partial charge on any atom is -0.391 e. The molecule has 0 bridgehead atoms. The average Bonchev–Trinajstić information content (AvgIpc) is 3.40. The summed E-state index contributed by atoms with van der Waals surface area (Å²) in [6, 6.07) is 6.03. The molecule has 8 nitrogen and oxygen atoms in total. The maximum atomic E-state index is 13.7. The number of rotatable bonds is 6. The second-order valence-electron chi connectivity index (χ2n) is 12.0. The van der Waals surface area contributed by atoms with Crippen LogP contribution in [0.15, 0.2) is 29.8 Å². The van der Waals surface area contributed by atoms with Gasteiger partial charge in [0.2, 0.25) is 17.7 Å². The molecular weight excluding hydrogens is 488 g/mol. The van der Waals surface area contributed by atoms with Crippen molar-refractivity contribution in [3.8, 4) is 10.4 Å². The Bertz CT molecular complexity index is 1130. The number of carbonyl (C=O) groups is 3. The van der Waals surface area contributed by atoms with E-state index < -0.39 is 29.0 Å². The van der Waals surface area contributed by atoms with Gasteiger partial charge in [-0.1, -0.05) is 65.8 Å². The van der Waals surface area contributed by atoms with Crippen LogP contribution in [-0.2, 0) is 14.4 Å². The highest BCUT2D eigenvalue weighted by Gasteiger charge is 2.45. The number of hydrogen-bond acceptors (Lipinski definition) is 6. The Labute approximate surface area is 223 Å². The third-order valence-corrected chi connectivity index (χ3v) is 7.69. The zero-order valence-electron chi connectivity index (χ0n) is 23.1. The van der Waals surface area contributed by atoms with Crippen molar-refractivity contribution >= 4 is 29.1 Å². The topological polar surface area (TPSA) is 112 Å². The lowest BCUT2D eigenvalue weighted by molar-refractivity contribution is -0.145. The summed E-state index contributed by atoms with van der Waals surface area (Å²) in [5, 5.41) is 16.3. The summed E-state index contributed by atoms with van der Waals surface area (Å²) < 4.78 is 0. The van der Waals surface area contributed by atoms with Crippen molar-refractivity contribution in [3.63, 3.8) is 0 Å². The summed E-state index contributed by atoms with van der Waals surface area (Å²) in [6.45, 7) is 14.9. The van der Waals surface area contributed by atoms with E-state index in [4.69, 9.17) is 0 Å². The maximum absolute atomic E-state index is 13.7. The van der Waals surface area contributed by atoms with Crippen molar-refractivity contribution in [3.05, 3.63) is 41.0 Å². The van der Waals surface area contributed by atoms with Crippen LogP contribution in [0.4, 0.5) is 0 Å². The number of carbonyl (C=O) groups excluding carboxylic acids is 3. The van der Waals surface area contributed by atoms with Crippen LogP contribution in [0.5, 0.6) is 0 Å². The smallest absolute Gasteiger partial charge is 0.246 e. The Morgan fingerprint density at radius 1 is 1.08 bits per heavy atom. The van der Waals surface area contributed by atoms with Crippen molar-refractivity contribution in [2.75, 3.05) is 6.54 Å². The normalized spacial score (nSPS) is 19.9. The summed E-state index contributed by atoms with van der Waals surface area (Å²) in [4.78, 5) is 46.6. The largest absolute Gasteiger partial charge is 0.391 e. The summed E-state index contributed by atoms with van der Waals surface area (Å²) in [6.07, 6.45) is -0.659. The zero-order chi connectivity index (χ0) is 27.7. The molecule has 0 saturated carbocycles. The van der Waals surface area contributed by atoms with Crippen LogP contribution in [0.1, 0.15) is 72.2 Å². The predicted molar refractivity (Wildman–Crippen MR) is 146 cm³/mol. The quantitative estimate of drug-likeness (QED) is 0.528. The minimum atomic E-state index is -0.833. The first-order valence-electron chi connectivity index (χ1n) is 12.7. The second-order valence-corrected chi connectivity index (χ2v) is 12.9. The third kappa shape index (κ3) is 6.76. The highest BCUT2D eigenvalue weighted by Crippen LogP contribution is 2.30. The van der Waals surface area contributed by atoms with Crippen molar-refractivity contribution < 1.29 is 19.5 Å². The Kier molecular flexibility index (Phi) is 8.49. The number of nitrogens with zero attached hydrogens (tertiary/aromatic N) is 2. The minimum absolute atomic E-state index is 0.0478. The van der Waals surface area contributed by atoms with Crippen molar-refractivity contribution in [2.24, 2.45) is 10.8 Å². The van der Waals surface area contributed by atoms with Gasteiger partial charge in [-0.3, -0.25) is 14.4 Å². The number of thiazole rings is 1. The van der Waals surface area contributed by atoms with Gasteiger partial charge in [-0.15, -0.1) is 11.3 Å². The first-order valence-corrected chi connectivity index (χ1v) is 13.6. The number of likely N-dealkylation sites (tertiary alicyclic amines) is 1. The number of aryl methyl sites for hydroxylation is 1. The van der Waals surface area contributed by atoms with E-state index in [0.717, 1.165) is 21.7 Å². The Morgan fingerprint density at radius 3 is 2.22 bits per heavy atom. The van der Waals surface area contributed by atoms with Gasteiger partial charge in [0.25, 0.3) is 0 Å². The van der Waals surface area contributed by atoms with E-state index in [0.29, 0.717) is 0 Å². The standard InChI is InChI=1S/C28H40N4O4S/c1-16(18-9-11-19(12-10-18)22-17(2)29-15-37-22)30-24(34)21-13-20(33)14-32(21)25(35)23(27(3,4)5)31-26(36)28(6,7)8/h9-12,15-16,20-21,23,33H,13-14H2,1-8H3,(H,30,34)(H,31,36)/t16-,20-,21+,23-/m1/s1. The summed E-state index contributed by atoms with van der Waals surface area (Å²) in [7, 11) is 0. The second kappa shape index (κ2) is 10.9. The highest BCUT2D eigenvalue weighted by atomic mass is 32.1. The molecule has 9 heteroatoms. The number of aliphatic hydroxyl groups excluding tert-OH is 1. The van der Waals surface area contributed by atoms with Crippen LogP contribution in [0.2, 0.25) is 0 Å². The molecule has 1 fully saturated rings. The molecule has 2 aromatic rings. The van der Waals surface area contributed by atoms with Crippen LogP contribution >= 0.6 is 11.3 Å². The van der Waals surface area contributed by atoms with Crippen molar-refractivity contribution in [1.82, 2.24) is 20.5 Å². The Hall–Kier alpha value is -2.78. The first kappa shape index (κ1) is 28.8. The molecule has 0 spiro atoms. The molecule has 1 aliphatic rings. The van der Waals surface area contributed by atoms with Gasteiger partial charge in [-0.05, 0) is 30.4 Å². The molecule has 37 heavy (non-hydrogen) atoms. The number of β-amino-alcohol motifs (C(OH)–C–C–N with tert-alkyl or cyclic N) is 1. The molecular formula is C28H40N4O4S. The molecule has 4 atom stereocenters. The van der Waals surface area contributed by atoms with Gasteiger partial charge >= 0.3 is 0 Å².